The quantitative estimate of drug-likeness (QED) is 0.777. The van der Waals surface area contributed by atoms with Gasteiger partial charge in [-0.05, 0) is 46.7 Å². The molecular formula is C15H22BrNO. The summed E-state index contributed by atoms with van der Waals surface area (Å²) in [5.41, 5.74) is 0. The van der Waals surface area contributed by atoms with Crippen LogP contribution in [0.1, 0.15) is 45.4 Å². The fourth-order valence-electron chi connectivity index (χ4n) is 2.75. The smallest absolute Gasteiger partial charge is 0.213 e. The molecule has 1 aliphatic rings. The SMILES string of the molecule is CCC[C@H]1CC[C@H](COc2ccc(Br)cn2)CC1. The minimum Gasteiger partial charge on any atom is -0.477 e. The third kappa shape index (κ3) is 4.27. The summed E-state index contributed by atoms with van der Waals surface area (Å²) in [4.78, 5) is 4.24. The Balaban J connectivity index is 1.70. The minimum atomic E-state index is 0.726. The number of ether oxygens (including phenoxy) is 1. The van der Waals surface area contributed by atoms with Gasteiger partial charge in [-0.1, -0.05) is 32.6 Å². The van der Waals surface area contributed by atoms with E-state index in [2.05, 4.69) is 27.8 Å². The average Bonchev–Trinajstić information content (AvgIpc) is 2.40. The van der Waals surface area contributed by atoms with Crippen LogP contribution in [0.2, 0.25) is 0 Å². The number of hydrogen-bond acceptors (Lipinski definition) is 2. The molecule has 18 heavy (non-hydrogen) atoms. The first kappa shape index (κ1) is 13.9. The first-order chi connectivity index (χ1) is 8.78. The third-order valence-electron chi connectivity index (χ3n) is 3.83. The van der Waals surface area contributed by atoms with Crippen LogP contribution in [0.5, 0.6) is 5.88 Å². The summed E-state index contributed by atoms with van der Waals surface area (Å²) in [5.74, 6) is 2.44. The number of nitrogens with zero attached hydrogens (tertiary/aromatic N) is 1. The van der Waals surface area contributed by atoms with E-state index in [1.54, 1.807) is 6.20 Å². The van der Waals surface area contributed by atoms with Crippen LogP contribution in [-0.4, -0.2) is 11.6 Å². The van der Waals surface area contributed by atoms with E-state index >= 15 is 0 Å². The molecule has 0 aromatic carbocycles. The Bertz CT molecular complexity index is 344. The van der Waals surface area contributed by atoms with Gasteiger partial charge in [-0.25, -0.2) is 4.98 Å². The lowest BCUT2D eigenvalue weighted by Crippen LogP contribution is -2.20. The molecule has 0 amide bonds. The topological polar surface area (TPSA) is 22.1 Å². The number of rotatable bonds is 5. The van der Waals surface area contributed by atoms with E-state index in [4.69, 9.17) is 4.74 Å². The maximum atomic E-state index is 5.76. The van der Waals surface area contributed by atoms with Crippen LogP contribution in [0, 0.1) is 11.8 Å². The van der Waals surface area contributed by atoms with E-state index in [1.165, 1.54) is 38.5 Å². The molecule has 0 bridgehead atoms. The maximum Gasteiger partial charge on any atom is 0.213 e. The Kier molecular flexibility index (Phi) is 5.48. The lowest BCUT2D eigenvalue weighted by molar-refractivity contribution is 0.174. The van der Waals surface area contributed by atoms with E-state index in [-0.39, 0.29) is 0 Å². The Morgan fingerprint density at radius 2 is 1.94 bits per heavy atom. The van der Waals surface area contributed by atoms with Crippen molar-refractivity contribution in [3.63, 3.8) is 0 Å². The molecule has 1 fully saturated rings. The van der Waals surface area contributed by atoms with Crippen LogP contribution in [-0.2, 0) is 0 Å². The predicted octanol–water partition coefficient (Wildman–Crippen LogP) is 4.83. The van der Waals surface area contributed by atoms with Crippen molar-refractivity contribution in [2.75, 3.05) is 6.61 Å². The van der Waals surface area contributed by atoms with Gasteiger partial charge in [-0.2, -0.15) is 0 Å². The van der Waals surface area contributed by atoms with E-state index < -0.39 is 0 Å². The number of hydrogen-bond donors (Lipinski definition) is 0. The molecule has 0 radical (unpaired) electrons. The largest absolute Gasteiger partial charge is 0.477 e. The zero-order valence-electron chi connectivity index (χ0n) is 11.1. The summed E-state index contributed by atoms with van der Waals surface area (Å²) >= 11 is 3.38. The molecular weight excluding hydrogens is 290 g/mol. The Morgan fingerprint density at radius 1 is 1.22 bits per heavy atom. The van der Waals surface area contributed by atoms with Crippen LogP contribution < -0.4 is 4.74 Å². The van der Waals surface area contributed by atoms with Crippen LogP contribution in [0.25, 0.3) is 0 Å². The van der Waals surface area contributed by atoms with Gasteiger partial charge in [0, 0.05) is 16.7 Å². The second kappa shape index (κ2) is 7.13. The summed E-state index contributed by atoms with van der Waals surface area (Å²) < 4.78 is 6.76. The molecule has 3 heteroatoms. The molecule has 1 heterocycles. The second-order valence-electron chi connectivity index (χ2n) is 5.30. The van der Waals surface area contributed by atoms with Gasteiger partial charge in [0.1, 0.15) is 0 Å². The van der Waals surface area contributed by atoms with Crippen molar-refractivity contribution in [3.8, 4) is 5.88 Å². The summed E-state index contributed by atoms with van der Waals surface area (Å²) in [6.07, 6.45) is 9.93. The molecule has 1 aromatic rings. The molecule has 0 saturated heterocycles. The van der Waals surface area contributed by atoms with Gasteiger partial charge in [0.05, 0.1) is 6.61 Å². The standard InChI is InChI=1S/C15H22BrNO/c1-2-3-12-4-6-13(7-5-12)11-18-15-9-8-14(16)10-17-15/h8-10,12-13H,2-7,11H2,1H3/t12-,13-. The molecule has 0 N–H and O–H groups in total. The first-order valence-corrected chi connectivity index (χ1v) is 7.81. The van der Waals surface area contributed by atoms with E-state index in [9.17, 15) is 0 Å². The van der Waals surface area contributed by atoms with E-state index in [0.717, 1.165) is 28.8 Å². The molecule has 1 aliphatic carbocycles. The van der Waals surface area contributed by atoms with Crippen molar-refractivity contribution in [2.45, 2.75) is 45.4 Å². The van der Waals surface area contributed by atoms with E-state index in [0.29, 0.717) is 0 Å². The van der Waals surface area contributed by atoms with Crippen molar-refractivity contribution < 1.29 is 4.74 Å². The van der Waals surface area contributed by atoms with Crippen molar-refractivity contribution in [3.05, 3.63) is 22.8 Å². The molecule has 1 saturated carbocycles. The predicted molar refractivity (Wildman–Crippen MR) is 77.8 cm³/mol. The van der Waals surface area contributed by atoms with Crippen molar-refractivity contribution in [1.82, 2.24) is 4.98 Å². The molecule has 0 unspecified atom stereocenters. The molecule has 0 atom stereocenters. The lowest BCUT2D eigenvalue weighted by Gasteiger charge is -2.28. The first-order valence-electron chi connectivity index (χ1n) is 7.02. The van der Waals surface area contributed by atoms with Crippen molar-refractivity contribution >= 4 is 15.9 Å². The fourth-order valence-corrected chi connectivity index (χ4v) is 2.98. The highest BCUT2D eigenvalue weighted by atomic mass is 79.9. The second-order valence-corrected chi connectivity index (χ2v) is 6.22. The van der Waals surface area contributed by atoms with Crippen LogP contribution >= 0.6 is 15.9 Å². The Labute approximate surface area is 118 Å². The van der Waals surface area contributed by atoms with Gasteiger partial charge in [0.15, 0.2) is 0 Å². The normalized spacial score (nSPS) is 23.9. The zero-order valence-corrected chi connectivity index (χ0v) is 12.7. The highest BCUT2D eigenvalue weighted by Gasteiger charge is 2.20. The monoisotopic (exact) mass is 311 g/mol. The highest BCUT2D eigenvalue weighted by Crippen LogP contribution is 2.31. The third-order valence-corrected chi connectivity index (χ3v) is 4.30. The van der Waals surface area contributed by atoms with Gasteiger partial charge >= 0.3 is 0 Å². The molecule has 1 aromatic heterocycles. The van der Waals surface area contributed by atoms with Gasteiger partial charge in [-0.15, -0.1) is 0 Å². The summed E-state index contributed by atoms with van der Waals surface area (Å²) in [7, 11) is 0. The molecule has 2 rings (SSSR count). The van der Waals surface area contributed by atoms with Gasteiger partial charge in [0.25, 0.3) is 0 Å². The van der Waals surface area contributed by atoms with Crippen LogP contribution in [0.15, 0.2) is 22.8 Å². The maximum absolute atomic E-state index is 5.76. The Hall–Kier alpha value is -0.570. The van der Waals surface area contributed by atoms with Gasteiger partial charge in [0.2, 0.25) is 5.88 Å². The highest BCUT2D eigenvalue weighted by molar-refractivity contribution is 9.10. The number of aromatic nitrogens is 1. The summed E-state index contributed by atoms with van der Waals surface area (Å²) in [5, 5.41) is 0. The van der Waals surface area contributed by atoms with Gasteiger partial charge < -0.3 is 4.74 Å². The van der Waals surface area contributed by atoms with Crippen molar-refractivity contribution in [2.24, 2.45) is 11.8 Å². The number of pyridine rings is 1. The van der Waals surface area contributed by atoms with E-state index in [1.807, 2.05) is 12.1 Å². The molecule has 2 nitrogen and oxygen atoms in total. The van der Waals surface area contributed by atoms with Crippen molar-refractivity contribution in [1.29, 1.82) is 0 Å². The molecule has 100 valence electrons. The minimum absolute atomic E-state index is 0.726. The zero-order chi connectivity index (χ0) is 12.8. The average molecular weight is 312 g/mol. The molecule has 0 spiro atoms. The number of halogens is 1. The summed E-state index contributed by atoms with van der Waals surface area (Å²) in [6.45, 7) is 3.11. The lowest BCUT2D eigenvalue weighted by atomic mass is 9.80. The van der Waals surface area contributed by atoms with Crippen LogP contribution in [0.4, 0.5) is 0 Å². The fraction of sp³-hybridized carbons (Fsp3) is 0.667. The molecule has 0 aliphatic heterocycles. The Morgan fingerprint density at radius 3 is 2.56 bits per heavy atom. The summed E-state index contributed by atoms with van der Waals surface area (Å²) in [6, 6.07) is 3.90. The van der Waals surface area contributed by atoms with Crippen LogP contribution in [0.3, 0.4) is 0 Å². The van der Waals surface area contributed by atoms with Gasteiger partial charge in [-0.3, -0.25) is 0 Å².